The number of nitrogens with one attached hydrogen (secondary N) is 2. The Bertz CT molecular complexity index is 780. The van der Waals surface area contributed by atoms with Gasteiger partial charge in [0, 0.05) is 14.1 Å². The lowest BCUT2D eigenvalue weighted by Gasteiger charge is -1.96. The van der Waals surface area contributed by atoms with Crippen LogP contribution < -0.4 is 10.9 Å². The zero-order valence-electron chi connectivity index (χ0n) is 12.1. The van der Waals surface area contributed by atoms with E-state index in [0.29, 0.717) is 5.82 Å². The van der Waals surface area contributed by atoms with Gasteiger partial charge in [-0.05, 0) is 4.92 Å². The van der Waals surface area contributed by atoms with Crippen molar-refractivity contribution in [3.63, 3.8) is 0 Å². The summed E-state index contributed by atoms with van der Waals surface area (Å²) in [5.74, 6) is 0.347. The Labute approximate surface area is 125 Å². The molecule has 0 fully saturated rings. The fraction of sp³-hybridized carbons (Fsp3) is 0.273. The number of nitrogens with zero attached hydrogens (tertiary/aromatic N) is 7. The maximum atomic E-state index is 10.9. The Morgan fingerprint density at radius 2 is 2.27 bits per heavy atom. The van der Waals surface area contributed by atoms with Gasteiger partial charge < -0.3 is 15.5 Å². The molecule has 0 saturated carbocycles. The summed E-state index contributed by atoms with van der Waals surface area (Å²) in [6.45, 7) is 0. The van der Waals surface area contributed by atoms with Gasteiger partial charge in [-0.1, -0.05) is 0 Å². The standard InChI is InChI=1S/C11H13N9O2/c1-13-16-6-15-10-7(4-12)9(17-19(10)3)11-14-5-8(18(11)2)20(21)22/h5-6,13H,1-3H3,(H,15,16). The normalized spacial score (nSPS) is 10.8. The fourth-order valence-corrected chi connectivity index (χ4v) is 1.87. The van der Waals surface area contributed by atoms with E-state index in [4.69, 9.17) is 0 Å². The highest BCUT2D eigenvalue weighted by Crippen LogP contribution is 2.30. The molecule has 0 amide bonds. The molecule has 0 aromatic carbocycles. The van der Waals surface area contributed by atoms with Gasteiger partial charge in [-0.25, -0.2) is 24.7 Å². The number of aliphatic imine (C=N–C) groups is 1. The van der Waals surface area contributed by atoms with E-state index in [1.165, 1.54) is 22.6 Å². The van der Waals surface area contributed by atoms with Gasteiger partial charge in [0.1, 0.15) is 24.2 Å². The first kappa shape index (κ1) is 15.1. The second kappa shape index (κ2) is 6.02. The van der Waals surface area contributed by atoms with E-state index in [1.807, 2.05) is 6.07 Å². The molecule has 0 aliphatic carbocycles. The summed E-state index contributed by atoms with van der Waals surface area (Å²) < 4.78 is 2.67. The molecule has 0 atom stereocenters. The molecule has 2 rings (SSSR count). The minimum atomic E-state index is -0.554. The third-order valence-corrected chi connectivity index (χ3v) is 2.89. The molecule has 0 radical (unpaired) electrons. The number of imidazole rings is 1. The van der Waals surface area contributed by atoms with Crippen LogP contribution in [0.1, 0.15) is 5.56 Å². The van der Waals surface area contributed by atoms with E-state index in [9.17, 15) is 15.4 Å². The molecule has 0 saturated heterocycles. The van der Waals surface area contributed by atoms with Crippen LogP contribution in [0.25, 0.3) is 11.5 Å². The highest BCUT2D eigenvalue weighted by atomic mass is 16.6. The summed E-state index contributed by atoms with van der Waals surface area (Å²) in [6, 6.07) is 2.01. The highest BCUT2D eigenvalue weighted by molar-refractivity contribution is 5.72. The van der Waals surface area contributed by atoms with E-state index in [-0.39, 0.29) is 22.9 Å². The third-order valence-electron chi connectivity index (χ3n) is 2.89. The van der Waals surface area contributed by atoms with E-state index in [1.54, 1.807) is 14.1 Å². The Balaban J connectivity index is 2.56. The summed E-state index contributed by atoms with van der Waals surface area (Å²) >= 11 is 0. The molecule has 11 heteroatoms. The predicted molar refractivity (Wildman–Crippen MR) is 77.1 cm³/mol. The van der Waals surface area contributed by atoms with Gasteiger partial charge in [-0.15, -0.1) is 0 Å². The van der Waals surface area contributed by atoms with Crippen molar-refractivity contribution in [2.75, 3.05) is 7.05 Å². The molecule has 2 heterocycles. The minimum absolute atomic E-state index is 0.181. The van der Waals surface area contributed by atoms with Crippen LogP contribution in [-0.4, -0.2) is 37.6 Å². The molecule has 2 N–H and O–H groups in total. The van der Waals surface area contributed by atoms with Crippen LogP contribution in [-0.2, 0) is 14.1 Å². The van der Waals surface area contributed by atoms with Crippen molar-refractivity contribution in [1.82, 2.24) is 30.2 Å². The first-order valence-electron chi connectivity index (χ1n) is 6.09. The average molecular weight is 303 g/mol. The Morgan fingerprint density at radius 3 is 2.82 bits per heavy atom. The van der Waals surface area contributed by atoms with Gasteiger partial charge in [0.15, 0.2) is 11.5 Å². The van der Waals surface area contributed by atoms with Crippen LogP contribution in [0.3, 0.4) is 0 Å². The minimum Gasteiger partial charge on any atom is -0.358 e. The van der Waals surface area contributed by atoms with Crippen molar-refractivity contribution in [2.45, 2.75) is 0 Å². The third kappa shape index (κ3) is 2.50. The first-order valence-corrected chi connectivity index (χ1v) is 6.09. The maximum absolute atomic E-state index is 10.9. The van der Waals surface area contributed by atoms with Crippen molar-refractivity contribution >= 4 is 18.0 Å². The molecule has 11 nitrogen and oxygen atoms in total. The van der Waals surface area contributed by atoms with Crippen LogP contribution >= 0.6 is 0 Å². The van der Waals surface area contributed by atoms with Gasteiger partial charge in [0.25, 0.3) is 5.82 Å². The number of hydrazine groups is 1. The largest absolute Gasteiger partial charge is 0.358 e. The molecule has 2 aromatic heterocycles. The summed E-state index contributed by atoms with van der Waals surface area (Å²) in [5, 5.41) is 24.4. The average Bonchev–Trinajstić information content (AvgIpc) is 3.00. The topological polar surface area (TPSA) is 139 Å². The summed E-state index contributed by atoms with van der Waals surface area (Å²) in [7, 11) is 4.77. The van der Waals surface area contributed by atoms with Gasteiger partial charge in [-0.2, -0.15) is 10.4 Å². The molecule has 114 valence electrons. The Morgan fingerprint density at radius 1 is 1.55 bits per heavy atom. The second-order valence-corrected chi connectivity index (χ2v) is 4.19. The molecule has 0 bridgehead atoms. The van der Waals surface area contributed by atoms with Gasteiger partial charge in [0.05, 0.1) is 7.05 Å². The van der Waals surface area contributed by atoms with Gasteiger partial charge >= 0.3 is 5.82 Å². The van der Waals surface area contributed by atoms with Crippen LogP contribution in [0, 0.1) is 21.4 Å². The van der Waals surface area contributed by atoms with Crippen LogP contribution in [0.2, 0.25) is 0 Å². The zero-order valence-corrected chi connectivity index (χ0v) is 12.1. The number of hydrogen-bond donors (Lipinski definition) is 2. The lowest BCUT2D eigenvalue weighted by atomic mass is 10.2. The number of nitro groups is 1. The lowest BCUT2D eigenvalue weighted by Crippen LogP contribution is -2.25. The van der Waals surface area contributed by atoms with Crippen molar-refractivity contribution in [1.29, 1.82) is 5.26 Å². The summed E-state index contributed by atoms with van der Waals surface area (Å²) in [5.41, 5.74) is 5.72. The molecule has 2 aromatic rings. The van der Waals surface area contributed by atoms with Crippen molar-refractivity contribution in [3.05, 3.63) is 21.9 Å². The number of aryl methyl sites for hydroxylation is 1. The van der Waals surface area contributed by atoms with E-state index < -0.39 is 4.92 Å². The Kier molecular flexibility index (Phi) is 4.14. The monoisotopic (exact) mass is 303 g/mol. The van der Waals surface area contributed by atoms with Crippen LogP contribution in [0.5, 0.6) is 0 Å². The maximum Gasteiger partial charge on any atom is 0.342 e. The van der Waals surface area contributed by atoms with Crippen molar-refractivity contribution in [2.24, 2.45) is 19.1 Å². The summed E-state index contributed by atoms with van der Waals surface area (Å²) in [6.07, 6.45) is 2.49. The highest BCUT2D eigenvalue weighted by Gasteiger charge is 2.26. The van der Waals surface area contributed by atoms with Gasteiger partial charge in [0.2, 0.25) is 0 Å². The number of nitriles is 1. The number of hydrogen-bond acceptors (Lipinski definition) is 7. The molecule has 0 unspecified atom stereocenters. The molecule has 0 aliphatic rings. The first-order chi connectivity index (χ1) is 10.5. The van der Waals surface area contributed by atoms with Crippen LogP contribution in [0.4, 0.5) is 11.6 Å². The summed E-state index contributed by atoms with van der Waals surface area (Å²) in [4.78, 5) is 18.4. The van der Waals surface area contributed by atoms with Crippen LogP contribution in [0.15, 0.2) is 11.2 Å². The zero-order chi connectivity index (χ0) is 16.3. The lowest BCUT2D eigenvalue weighted by molar-refractivity contribution is -0.391. The number of rotatable bonds is 5. The molecular formula is C11H13N9O2. The predicted octanol–water partition coefficient (Wildman–Crippen LogP) is -0.0157. The van der Waals surface area contributed by atoms with E-state index in [0.717, 1.165) is 6.20 Å². The fourth-order valence-electron chi connectivity index (χ4n) is 1.87. The molecule has 0 spiro atoms. The molecule has 0 aliphatic heterocycles. The van der Waals surface area contributed by atoms with Gasteiger partial charge in [-0.3, -0.25) is 0 Å². The Hall–Kier alpha value is -3.26. The smallest absolute Gasteiger partial charge is 0.342 e. The molecular weight excluding hydrogens is 290 g/mol. The molecule has 22 heavy (non-hydrogen) atoms. The second-order valence-electron chi connectivity index (χ2n) is 4.19. The van der Waals surface area contributed by atoms with E-state index >= 15 is 0 Å². The number of aromatic nitrogens is 4. The van der Waals surface area contributed by atoms with Crippen molar-refractivity contribution in [3.8, 4) is 17.6 Å². The van der Waals surface area contributed by atoms with E-state index in [2.05, 4.69) is 25.9 Å². The quantitative estimate of drug-likeness (QED) is 0.342. The SMILES string of the molecule is CNNC=Nc1c(C#N)c(-c2ncc([N+](=O)[O-])n2C)nn1C. The van der Waals surface area contributed by atoms with Crippen molar-refractivity contribution < 1.29 is 4.92 Å².